The zero-order valence-electron chi connectivity index (χ0n) is 12.4. The number of benzene rings is 1. The highest BCUT2D eigenvalue weighted by atomic mass is 16.1. The third kappa shape index (κ3) is 2.84. The highest BCUT2D eigenvalue weighted by Crippen LogP contribution is 2.24. The van der Waals surface area contributed by atoms with Gasteiger partial charge in [-0.05, 0) is 30.9 Å². The molecule has 0 spiro atoms. The number of rotatable bonds is 7. The van der Waals surface area contributed by atoms with Crippen molar-refractivity contribution in [3.63, 3.8) is 0 Å². The number of fused-ring (bicyclic) bond motifs is 1. The van der Waals surface area contributed by atoms with Gasteiger partial charge in [-0.25, -0.2) is 0 Å². The molecule has 0 aliphatic heterocycles. The number of primary amides is 1. The molecule has 20 heavy (non-hydrogen) atoms. The summed E-state index contributed by atoms with van der Waals surface area (Å²) in [6, 6.07) is 6.15. The van der Waals surface area contributed by atoms with Crippen molar-refractivity contribution in [2.75, 3.05) is 0 Å². The van der Waals surface area contributed by atoms with E-state index in [2.05, 4.69) is 25.0 Å². The Balaban J connectivity index is 2.53. The monoisotopic (exact) mass is 273 g/mol. The van der Waals surface area contributed by atoms with E-state index in [0.29, 0.717) is 5.69 Å². The van der Waals surface area contributed by atoms with Crippen molar-refractivity contribution >= 4 is 16.8 Å². The Hall–Kier alpha value is -1.84. The van der Waals surface area contributed by atoms with Crippen molar-refractivity contribution in [1.82, 2.24) is 9.78 Å². The van der Waals surface area contributed by atoms with Crippen molar-refractivity contribution in [2.45, 2.75) is 52.5 Å². The van der Waals surface area contributed by atoms with E-state index in [9.17, 15) is 4.79 Å². The minimum Gasteiger partial charge on any atom is -0.364 e. The number of unbranched alkanes of at least 4 members (excludes halogenated alkanes) is 2. The molecular weight excluding hydrogens is 250 g/mol. The van der Waals surface area contributed by atoms with Crippen LogP contribution in [0.5, 0.6) is 0 Å². The first-order chi connectivity index (χ1) is 9.69. The number of amides is 1. The third-order valence-electron chi connectivity index (χ3n) is 3.62. The van der Waals surface area contributed by atoms with Gasteiger partial charge in [-0.15, -0.1) is 0 Å². The predicted molar refractivity (Wildman–Crippen MR) is 81.8 cm³/mol. The van der Waals surface area contributed by atoms with Gasteiger partial charge >= 0.3 is 0 Å². The highest BCUT2D eigenvalue weighted by molar-refractivity contribution is 6.05. The molecular formula is C16H23N3O. The van der Waals surface area contributed by atoms with Crippen LogP contribution in [0.4, 0.5) is 0 Å². The summed E-state index contributed by atoms with van der Waals surface area (Å²) in [4.78, 5) is 11.7. The summed E-state index contributed by atoms with van der Waals surface area (Å²) < 4.78 is 1.92. The maximum atomic E-state index is 11.7. The number of hydrogen-bond donors (Lipinski definition) is 1. The SMILES string of the molecule is CCCCc1cccc2c1c(C(N)=O)nn2CCCC. The maximum Gasteiger partial charge on any atom is 0.269 e. The first-order valence-corrected chi connectivity index (χ1v) is 7.47. The number of nitrogens with zero attached hydrogens (tertiary/aromatic N) is 2. The van der Waals surface area contributed by atoms with Crippen LogP contribution in [0, 0.1) is 0 Å². The lowest BCUT2D eigenvalue weighted by atomic mass is 10.0. The molecule has 0 atom stereocenters. The number of hydrogen-bond acceptors (Lipinski definition) is 2. The smallest absolute Gasteiger partial charge is 0.269 e. The van der Waals surface area contributed by atoms with Gasteiger partial charge in [-0.1, -0.05) is 38.8 Å². The van der Waals surface area contributed by atoms with Crippen molar-refractivity contribution in [3.8, 4) is 0 Å². The van der Waals surface area contributed by atoms with Gasteiger partial charge in [-0.2, -0.15) is 5.10 Å². The molecule has 2 rings (SSSR count). The molecule has 4 heteroatoms. The lowest BCUT2D eigenvalue weighted by molar-refractivity contribution is 0.0996. The molecule has 2 aromatic rings. The van der Waals surface area contributed by atoms with Crippen LogP contribution in [0.2, 0.25) is 0 Å². The fourth-order valence-electron chi connectivity index (χ4n) is 2.53. The van der Waals surface area contributed by atoms with E-state index in [1.54, 1.807) is 0 Å². The molecule has 1 aromatic carbocycles. The van der Waals surface area contributed by atoms with Crippen molar-refractivity contribution < 1.29 is 4.79 Å². The lowest BCUT2D eigenvalue weighted by Crippen LogP contribution is -2.13. The Kier molecular flexibility index (Phi) is 4.77. The average Bonchev–Trinajstić information content (AvgIpc) is 2.82. The van der Waals surface area contributed by atoms with Gasteiger partial charge in [0.2, 0.25) is 0 Å². The van der Waals surface area contributed by atoms with E-state index in [1.807, 2.05) is 16.8 Å². The van der Waals surface area contributed by atoms with E-state index in [-0.39, 0.29) is 0 Å². The molecule has 0 bridgehead atoms. The van der Waals surface area contributed by atoms with Crippen LogP contribution in [0.25, 0.3) is 10.9 Å². The molecule has 1 amide bonds. The molecule has 4 nitrogen and oxygen atoms in total. The number of aryl methyl sites for hydroxylation is 2. The second-order valence-electron chi connectivity index (χ2n) is 5.20. The summed E-state index contributed by atoms with van der Waals surface area (Å²) in [7, 11) is 0. The van der Waals surface area contributed by atoms with Crippen LogP contribution >= 0.6 is 0 Å². The quantitative estimate of drug-likeness (QED) is 0.841. The van der Waals surface area contributed by atoms with Crippen LogP contribution in [0.1, 0.15) is 55.6 Å². The van der Waals surface area contributed by atoms with Gasteiger partial charge in [0, 0.05) is 11.9 Å². The third-order valence-corrected chi connectivity index (χ3v) is 3.62. The molecule has 0 fully saturated rings. The average molecular weight is 273 g/mol. The van der Waals surface area contributed by atoms with Crippen molar-refractivity contribution in [2.24, 2.45) is 5.73 Å². The Morgan fingerprint density at radius 2 is 2.00 bits per heavy atom. The van der Waals surface area contributed by atoms with E-state index in [0.717, 1.165) is 49.6 Å². The Morgan fingerprint density at radius 1 is 1.25 bits per heavy atom. The largest absolute Gasteiger partial charge is 0.364 e. The summed E-state index contributed by atoms with van der Waals surface area (Å²) in [5.41, 5.74) is 8.13. The molecule has 0 aliphatic carbocycles. The normalized spacial score (nSPS) is 11.1. The summed E-state index contributed by atoms with van der Waals surface area (Å²) in [6.45, 7) is 5.14. The Morgan fingerprint density at radius 3 is 2.65 bits per heavy atom. The lowest BCUT2D eigenvalue weighted by Gasteiger charge is -2.05. The second kappa shape index (κ2) is 6.55. The first kappa shape index (κ1) is 14.6. The predicted octanol–water partition coefficient (Wildman–Crippen LogP) is 3.28. The molecule has 108 valence electrons. The number of aromatic nitrogens is 2. The summed E-state index contributed by atoms with van der Waals surface area (Å²) in [6.07, 6.45) is 5.36. The molecule has 0 saturated carbocycles. The highest BCUT2D eigenvalue weighted by Gasteiger charge is 2.17. The van der Waals surface area contributed by atoms with Crippen LogP contribution < -0.4 is 5.73 Å². The topological polar surface area (TPSA) is 60.9 Å². The number of carbonyl (C=O) groups is 1. The molecule has 0 radical (unpaired) electrons. The zero-order valence-corrected chi connectivity index (χ0v) is 12.4. The minimum atomic E-state index is -0.436. The van der Waals surface area contributed by atoms with E-state index in [1.165, 1.54) is 5.56 Å². The Bertz CT molecular complexity index is 601. The summed E-state index contributed by atoms with van der Waals surface area (Å²) in [5, 5.41) is 5.39. The molecule has 1 heterocycles. The van der Waals surface area contributed by atoms with E-state index < -0.39 is 5.91 Å². The van der Waals surface area contributed by atoms with Crippen molar-refractivity contribution in [1.29, 1.82) is 0 Å². The van der Waals surface area contributed by atoms with Crippen LogP contribution in [0.3, 0.4) is 0 Å². The van der Waals surface area contributed by atoms with Gasteiger partial charge < -0.3 is 5.73 Å². The van der Waals surface area contributed by atoms with Gasteiger partial charge in [0.15, 0.2) is 5.69 Å². The van der Waals surface area contributed by atoms with Crippen LogP contribution in [-0.2, 0) is 13.0 Å². The van der Waals surface area contributed by atoms with Gasteiger partial charge in [0.1, 0.15) is 0 Å². The van der Waals surface area contributed by atoms with Crippen molar-refractivity contribution in [3.05, 3.63) is 29.5 Å². The molecule has 0 saturated heterocycles. The minimum absolute atomic E-state index is 0.419. The fraction of sp³-hybridized carbons (Fsp3) is 0.500. The van der Waals surface area contributed by atoms with Crippen LogP contribution in [0.15, 0.2) is 18.2 Å². The maximum absolute atomic E-state index is 11.7. The molecule has 0 unspecified atom stereocenters. The molecule has 1 aromatic heterocycles. The van der Waals surface area contributed by atoms with Gasteiger partial charge in [0.25, 0.3) is 5.91 Å². The van der Waals surface area contributed by atoms with Gasteiger partial charge in [0.05, 0.1) is 5.52 Å². The first-order valence-electron chi connectivity index (χ1n) is 7.47. The molecule has 0 aliphatic rings. The number of nitrogens with two attached hydrogens (primary N) is 1. The van der Waals surface area contributed by atoms with E-state index in [4.69, 9.17) is 5.73 Å². The zero-order chi connectivity index (χ0) is 14.5. The second-order valence-corrected chi connectivity index (χ2v) is 5.20. The Labute approximate surface area is 120 Å². The molecule has 2 N–H and O–H groups in total. The summed E-state index contributed by atoms with van der Waals surface area (Å²) >= 11 is 0. The van der Waals surface area contributed by atoms with Gasteiger partial charge in [-0.3, -0.25) is 9.48 Å². The standard InChI is InChI=1S/C16H23N3O/c1-3-5-8-12-9-7-10-13-14(12)15(16(17)20)18-19(13)11-6-4-2/h7,9-10H,3-6,8,11H2,1-2H3,(H2,17,20). The van der Waals surface area contributed by atoms with E-state index >= 15 is 0 Å². The summed E-state index contributed by atoms with van der Waals surface area (Å²) in [5.74, 6) is -0.436. The number of carbonyl (C=O) groups excluding carboxylic acids is 1. The van der Waals surface area contributed by atoms with Crippen LogP contribution in [-0.4, -0.2) is 15.7 Å². The fourth-order valence-corrected chi connectivity index (χ4v) is 2.53.